The van der Waals surface area contributed by atoms with Crippen LogP contribution in [-0.4, -0.2) is 20.9 Å². The Labute approximate surface area is 205 Å². The van der Waals surface area contributed by atoms with Gasteiger partial charge in [-0.05, 0) is 40.3 Å². The van der Waals surface area contributed by atoms with E-state index < -0.39 is 0 Å². The molecule has 1 amide bonds. The van der Waals surface area contributed by atoms with Crippen molar-refractivity contribution < 1.29 is 4.79 Å². The third-order valence-electron chi connectivity index (χ3n) is 5.39. The molecule has 0 saturated heterocycles. The monoisotopic (exact) mass is 474 g/mol. The molecule has 0 unspecified atom stereocenters. The smallest absolute Gasteiger partial charge is 0.224 e. The van der Waals surface area contributed by atoms with Gasteiger partial charge in [0, 0.05) is 18.3 Å². The molecule has 176 valence electrons. The van der Waals surface area contributed by atoms with Gasteiger partial charge in [-0.1, -0.05) is 62.4 Å². The molecule has 4 rings (SSSR count). The average Bonchev–Trinajstić information content (AvgIpc) is 3.31. The first-order valence-corrected chi connectivity index (χ1v) is 11.5. The number of anilines is 1. The summed E-state index contributed by atoms with van der Waals surface area (Å²) in [6, 6.07) is 20.3. The predicted molar refractivity (Wildman–Crippen MR) is 141 cm³/mol. The van der Waals surface area contributed by atoms with Gasteiger partial charge in [0.15, 0.2) is 5.95 Å². The maximum Gasteiger partial charge on any atom is 0.224 e. The molecule has 2 heterocycles. The van der Waals surface area contributed by atoms with Gasteiger partial charge in [-0.3, -0.25) is 14.9 Å². The van der Waals surface area contributed by atoms with Gasteiger partial charge in [0.1, 0.15) is 0 Å². The number of amides is 1. The number of hydrogen-bond acceptors (Lipinski definition) is 6. The fourth-order valence-electron chi connectivity index (χ4n) is 3.49. The quantitative estimate of drug-likeness (QED) is 0.253. The molecule has 0 saturated carbocycles. The molecule has 0 spiro atoms. The van der Waals surface area contributed by atoms with Crippen molar-refractivity contribution in [3.05, 3.63) is 89.7 Å². The van der Waals surface area contributed by atoms with Crippen LogP contribution in [0.5, 0.6) is 0 Å². The van der Waals surface area contributed by atoms with Gasteiger partial charge in [0.2, 0.25) is 5.91 Å². The van der Waals surface area contributed by atoms with Crippen LogP contribution in [0.15, 0.2) is 73.1 Å². The van der Waals surface area contributed by atoms with Gasteiger partial charge in [0.25, 0.3) is 0 Å². The van der Waals surface area contributed by atoms with Crippen molar-refractivity contribution in [2.75, 3.05) is 5.73 Å². The minimum absolute atomic E-state index is 0.0354. The second-order valence-electron chi connectivity index (χ2n) is 8.16. The van der Waals surface area contributed by atoms with E-state index >= 15 is 0 Å². The number of H-pyrrole nitrogens is 1. The standard InChI is InChI=1S/C26H27N5O.H3NS/c1-17(2)21-4-3-5-22(13-21)23-11-8-19(15-28-23)12-25(32)29-14-18-6-9-20(10-7-18)24-16-30-26(27)31-24;1-2/h3-11,13,15-17H,12,14H2,1-2H3,(H,29,32)(H3,27,30,31);2H,1H2. The van der Waals surface area contributed by atoms with Crippen molar-refractivity contribution >= 4 is 24.7 Å². The first-order chi connectivity index (χ1) is 16.5. The Balaban J connectivity index is 0.00000158. The molecule has 0 bridgehead atoms. The van der Waals surface area contributed by atoms with E-state index in [0.29, 0.717) is 24.8 Å². The second kappa shape index (κ2) is 12.0. The number of thiol groups is 1. The Bertz CT molecular complexity index is 1200. The van der Waals surface area contributed by atoms with Crippen LogP contribution in [0.2, 0.25) is 0 Å². The number of aromatic nitrogens is 3. The van der Waals surface area contributed by atoms with Crippen molar-refractivity contribution in [1.82, 2.24) is 20.3 Å². The van der Waals surface area contributed by atoms with Crippen LogP contribution >= 0.6 is 12.8 Å². The number of imidazole rings is 1. The lowest BCUT2D eigenvalue weighted by atomic mass is 9.99. The Morgan fingerprint density at radius 3 is 2.32 bits per heavy atom. The van der Waals surface area contributed by atoms with E-state index in [2.05, 4.69) is 76.3 Å². The first kappa shape index (κ1) is 25.0. The van der Waals surface area contributed by atoms with E-state index in [1.807, 2.05) is 36.4 Å². The highest BCUT2D eigenvalue weighted by molar-refractivity contribution is 7.77. The molecule has 0 aliphatic heterocycles. The maximum atomic E-state index is 12.4. The molecule has 0 atom stereocenters. The SMILES string of the molecule is CC(C)c1cccc(-c2ccc(CC(=O)NCc3ccc(-c4cnc(N)[nH]4)cc3)cn2)c1.NS. The van der Waals surface area contributed by atoms with Gasteiger partial charge in [-0.2, -0.15) is 0 Å². The van der Waals surface area contributed by atoms with E-state index in [4.69, 9.17) is 5.73 Å². The summed E-state index contributed by atoms with van der Waals surface area (Å²) in [7, 11) is 0. The molecule has 0 fully saturated rings. The summed E-state index contributed by atoms with van der Waals surface area (Å²) in [5.74, 6) is 0.827. The van der Waals surface area contributed by atoms with E-state index in [0.717, 1.165) is 33.6 Å². The minimum Gasteiger partial charge on any atom is -0.369 e. The van der Waals surface area contributed by atoms with Gasteiger partial charge in [0.05, 0.1) is 24.0 Å². The zero-order valence-corrected chi connectivity index (χ0v) is 20.2. The zero-order valence-electron chi connectivity index (χ0n) is 19.3. The minimum atomic E-state index is -0.0354. The summed E-state index contributed by atoms with van der Waals surface area (Å²) in [6.07, 6.45) is 3.78. The van der Waals surface area contributed by atoms with Gasteiger partial charge in [-0.25, -0.2) is 4.98 Å². The van der Waals surface area contributed by atoms with Crippen LogP contribution in [0.4, 0.5) is 5.95 Å². The maximum absolute atomic E-state index is 12.4. The van der Waals surface area contributed by atoms with Crippen molar-refractivity contribution in [3.63, 3.8) is 0 Å². The molecule has 0 aliphatic rings. The fourth-order valence-corrected chi connectivity index (χ4v) is 3.49. The van der Waals surface area contributed by atoms with E-state index in [9.17, 15) is 4.79 Å². The average molecular weight is 475 g/mol. The van der Waals surface area contributed by atoms with Gasteiger partial charge < -0.3 is 16.0 Å². The Hall–Kier alpha value is -3.62. The van der Waals surface area contributed by atoms with Gasteiger partial charge in [-0.15, -0.1) is 12.8 Å². The molecule has 6 N–H and O–H groups in total. The Kier molecular flexibility index (Phi) is 8.84. The fraction of sp³-hybridized carbons (Fsp3) is 0.192. The van der Waals surface area contributed by atoms with E-state index in [1.165, 1.54) is 5.56 Å². The van der Waals surface area contributed by atoms with E-state index in [-0.39, 0.29) is 5.91 Å². The highest BCUT2D eigenvalue weighted by Crippen LogP contribution is 2.23. The number of nitrogens with two attached hydrogens (primary N) is 2. The van der Waals surface area contributed by atoms with Crippen LogP contribution in [0.3, 0.4) is 0 Å². The van der Waals surface area contributed by atoms with Crippen LogP contribution in [-0.2, 0) is 17.8 Å². The van der Waals surface area contributed by atoms with Crippen LogP contribution < -0.4 is 16.2 Å². The molecular formula is C26H30N6OS. The highest BCUT2D eigenvalue weighted by atomic mass is 32.1. The van der Waals surface area contributed by atoms with Crippen LogP contribution in [0, 0.1) is 0 Å². The summed E-state index contributed by atoms with van der Waals surface area (Å²) in [6.45, 7) is 4.83. The Morgan fingerprint density at radius 2 is 1.71 bits per heavy atom. The summed E-state index contributed by atoms with van der Waals surface area (Å²) >= 11 is 3.03. The molecule has 4 aromatic rings. The molecule has 0 radical (unpaired) electrons. The Morgan fingerprint density at radius 1 is 0.971 bits per heavy atom. The highest BCUT2D eigenvalue weighted by Gasteiger charge is 2.07. The summed E-state index contributed by atoms with van der Waals surface area (Å²) in [5, 5.41) is 7.16. The third-order valence-corrected chi connectivity index (χ3v) is 5.39. The van der Waals surface area contributed by atoms with Crippen molar-refractivity contribution in [2.45, 2.75) is 32.7 Å². The number of nitrogens with zero attached hydrogens (tertiary/aromatic N) is 2. The zero-order chi connectivity index (χ0) is 24.5. The van der Waals surface area contributed by atoms with Crippen molar-refractivity contribution in [2.24, 2.45) is 5.14 Å². The third kappa shape index (κ3) is 6.69. The number of nitrogen functional groups attached to an aromatic ring is 1. The molecular weight excluding hydrogens is 444 g/mol. The first-order valence-electron chi connectivity index (χ1n) is 11.0. The number of benzene rings is 2. The van der Waals surface area contributed by atoms with Crippen molar-refractivity contribution in [3.8, 4) is 22.5 Å². The second-order valence-corrected chi connectivity index (χ2v) is 8.16. The normalized spacial score (nSPS) is 10.5. The molecule has 2 aromatic carbocycles. The lowest BCUT2D eigenvalue weighted by Crippen LogP contribution is -2.24. The van der Waals surface area contributed by atoms with Crippen molar-refractivity contribution in [1.29, 1.82) is 0 Å². The molecule has 8 heteroatoms. The number of carbonyl (C=O) groups is 1. The predicted octanol–water partition coefficient (Wildman–Crippen LogP) is 4.49. The number of carbonyl (C=O) groups excluding carboxylic acids is 1. The summed E-state index contributed by atoms with van der Waals surface area (Å²) in [5.41, 5.74) is 12.7. The molecule has 34 heavy (non-hydrogen) atoms. The number of hydrogen-bond donors (Lipinski definition) is 5. The molecule has 0 aliphatic carbocycles. The lowest BCUT2D eigenvalue weighted by molar-refractivity contribution is -0.120. The molecule has 2 aromatic heterocycles. The lowest BCUT2D eigenvalue weighted by Gasteiger charge is -2.09. The van der Waals surface area contributed by atoms with E-state index in [1.54, 1.807) is 12.4 Å². The van der Waals surface area contributed by atoms with Crippen LogP contribution in [0.25, 0.3) is 22.5 Å². The number of rotatable bonds is 7. The topological polar surface area (TPSA) is 123 Å². The molecule has 7 nitrogen and oxygen atoms in total. The summed E-state index contributed by atoms with van der Waals surface area (Å²) in [4.78, 5) is 24.0. The number of aromatic amines is 1. The van der Waals surface area contributed by atoms with Gasteiger partial charge >= 0.3 is 0 Å². The number of nitrogens with one attached hydrogen (secondary N) is 2. The summed E-state index contributed by atoms with van der Waals surface area (Å²) < 4.78 is 0. The largest absolute Gasteiger partial charge is 0.369 e. The number of pyridine rings is 1. The van der Waals surface area contributed by atoms with Crippen LogP contribution in [0.1, 0.15) is 36.5 Å².